The van der Waals surface area contributed by atoms with Gasteiger partial charge in [0.25, 0.3) is 0 Å². The molecule has 0 fully saturated rings. The molecule has 3 N–H and O–H groups in total. The first-order valence-corrected chi connectivity index (χ1v) is 6.07. The van der Waals surface area contributed by atoms with Gasteiger partial charge in [0.2, 0.25) is 5.91 Å². The normalized spacial score (nSPS) is 13.0. The Bertz CT molecular complexity index is 296. The van der Waals surface area contributed by atoms with Gasteiger partial charge in [0, 0.05) is 6.54 Å². The molecule has 0 saturated heterocycles. The lowest BCUT2D eigenvalue weighted by Crippen LogP contribution is -2.41. The Balaban J connectivity index is 2.41. The summed E-state index contributed by atoms with van der Waals surface area (Å²) in [6, 6.07) is 1.83. The van der Waals surface area contributed by atoms with Crippen LogP contribution in [0.25, 0.3) is 0 Å². The highest BCUT2D eigenvalue weighted by atomic mass is 32.1. The number of amides is 1. The van der Waals surface area contributed by atoms with Crippen molar-refractivity contribution in [3.63, 3.8) is 0 Å². The molecule has 0 radical (unpaired) electrons. The summed E-state index contributed by atoms with van der Waals surface area (Å²) in [5, 5.41) is 7.28. The van der Waals surface area contributed by atoms with Gasteiger partial charge in [-0.25, -0.2) is 0 Å². The minimum Gasteiger partial charge on any atom is -0.368 e. The Morgan fingerprint density at radius 2 is 2.33 bits per heavy atom. The molecule has 1 amide bonds. The minimum absolute atomic E-state index is 0.218. The smallest absolute Gasteiger partial charge is 0.234 e. The fourth-order valence-electron chi connectivity index (χ4n) is 1.41. The molecule has 0 bridgehead atoms. The van der Waals surface area contributed by atoms with E-state index in [1.165, 1.54) is 5.56 Å². The molecule has 1 aromatic heterocycles. The van der Waals surface area contributed by atoms with E-state index < -0.39 is 0 Å². The van der Waals surface area contributed by atoms with Crippen molar-refractivity contribution in [2.24, 2.45) is 11.7 Å². The molecule has 0 aromatic carbocycles. The molecule has 1 heterocycles. The van der Waals surface area contributed by atoms with Crippen molar-refractivity contribution in [2.75, 3.05) is 0 Å². The average Bonchev–Trinajstić information content (AvgIpc) is 2.63. The van der Waals surface area contributed by atoms with Crippen LogP contribution < -0.4 is 11.1 Å². The molecule has 0 spiro atoms. The standard InChI is InChI=1S/C11H18N2OS/c1-8(2)5-10(11(12)14)13-6-9-3-4-15-7-9/h3-4,7-8,10,13H,5-6H2,1-2H3,(H2,12,14). The molecule has 84 valence electrons. The fourth-order valence-corrected chi connectivity index (χ4v) is 2.07. The van der Waals surface area contributed by atoms with E-state index in [1.54, 1.807) is 11.3 Å². The molecule has 0 aliphatic rings. The number of primary amides is 1. The number of rotatable bonds is 6. The third-order valence-corrected chi connectivity index (χ3v) is 2.92. The zero-order valence-corrected chi connectivity index (χ0v) is 10.0. The van der Waals surface area contributed by atoms with Gasteiger partial charge < -0.3 is 11.1 Å². The van der Waals surface area contributed by atoms with Crippen molar-refractivity contribution in [2.45, 2.75) is 32.9 Å². The summed E-state index contributed by atoms with van der Waals surface area (Å²) in [5.41, 5.74) is 6.53. The fraction of sp³-hybridized carbons (Fsp3) is 0.545. The quantitative estimate of drug-likeness (QED) is 0.776. The number of nitrogens with one attached hydrogen (secondary N) is 1. The van der Waals surface area contributed by atoms with Crippen molar-refractivity contribution in [1.29, 1.82) is 0 Å². The Hall–Kier alpha value is -0.870. The molecule has 1 atom stereocenters. The maximum absolute atomic E-state index is 11.2. The number of nitrogens with two attached hydrogens (primary N) is 1. The first-order chi connectivity index (χ1) is 7.09. The molecule has 1 rings (SSSR count). The molecule has 1 unspecified atom stereocenters. The van der Waals surface area contributed by atoms with Crippen LogP contribution in [0.4, 0.5) is 0 Å². The zero-order chi connectivity index (χ0) is 11.3. The van der Waals surface area contributed by atoms with Gasteiger partial charge in [-0.05, 0) is 34.7 Å². The largest absolute Gasteiger partial charge is 0.368 e. The van der Waals surface area contributed by atoms with E-state index in [9.17, 15) is 4.79 Å². The third kappa shape index (κ3) is 4.44. The molecule has 0 aliphatic heterocycles. The first-order valence-electron chi connectivity index (χ1n) is 5.13. The van der Waals surface area contributed by atoms with Crippen LogP contribution >= 0.6 is 11.3 Å². The topological polar surface area (TPSA) is 55.1 Å². The number of carbonyl (C=O) groups excluding carboxylic acids is 1. The number of carbonyl (C=O) groups is 1. The van der Waals surface area contributed by atoms with Crippen LogP contribution in [0.3, 0.4) is 0 Å². The summed E-state index contributed by atoms with van der Waals surface area (Å²) in [6.07, 6.45) is 0.791. The summed E-state index contributed by atoms with van der Waals surface area (Å²) in [7, 11) is 0. The van der Waals surface area contributed by atoms with Crippen LogP contribution in [0.15, 0.2) is 16.8 Å². The lowest BCUT2D eigenvalue weighted by atomic mass is 10.0. The second-order valence-electron chi connectivity index (χ2n) is 4.10. The van der Waals surface area contributed by atoms with Crippen molar-refractivity contribution < 1.29 is 4.79 Å². The Morgan fingerprint density at radius 1 is 1.60 bits per heavy atom. The average molecular weight is 226 g/mol. The summed E-state index contributed by atoms with van der Waals surface area (Å²) in [4.78, 5) is 11.2. The van der Waals surface area contributed by atoms with Gasteiger partial charge in [-0.3, -0.25) is 4.79 Å². The lowest BCUT2D eigenvalue weighted by molar-refractivity contribution is -0.120. The number of thiophene rings is 1. The van der Waals surface area contributed by atoms with Crippen LogP contribution in [0.1, 0.15) is 25.8 Å². The highest BCUT2D eigenvalue weighted by molar-refractivity contribution is 7.07. The predicted octanol–water partition coefficient (Wildman–Crippen LogP) is 1.74. The molecule has 0 saturated carbocycles. The maximum Gasteiger partial charge on any atom is 0.234 e. The summed E-state index contributed by atoms with van der Waals surface area (Å²) < 4.78 is 0. The molecule has 1 aromatic rings. The summed E-state index contributed by atoms with van der Waals surface area (Å²) in [6.45, 7) is 4.88. The Morgan fingerprint density at radius 3 is 2.80 bits per heavy atom. The predicted molar refractivity (Wildman–Crippen MR) is 63.6 cm³/mol. The second kappa shape index (κ2) is 5.88. The van der Waals surface area contributed by atoms with Gasteiger partial charge in [0.1, 0.15) is 0 Å². The molecule has 4 heteroatoms. The minimum atomic E-state index is -0.265. The first kappa shape index (κ1) is 12.2. The van der Waals surface area contributed by atoms with Crippen LogP contribution in [0.2, 0.25) is 0 Å². The number of hydrogen-bond donors (Lipinski definition) is 2. The van der Waals surface area contributed by atoms with Crippen molar-refractivity contribution >= 4 is 17.2 Å². The monoisotopic (exact) mass is 226 g/mol. The molecular weight excluding hydrogens is 208 g/mol. The summed E-state index contributed by atoms with van der Waals surface area (Å²) in [5.74, 6) is 0.205. The zero-order valence-electron chi connectivity index (χ0n) is 9.19. The van der Waals surface area contributed by atoms with Gasteiger partial charge in [0.15, 0.2) is 0 Å². The van der Waals surface area contributed by atoms with E-state index in [0.717, 1.165) is 6.42 Å². The molecule has 3 nitrogen and oxygen atoms in total. The van der Waals surface area contributed by atoms with Gasteiger partial charge in [0.05, 0.1) is 6.04 Å². The second-order valence-corrected chi connectivity index (χ2v) is 4.88. The summed E-state index contributed by atoms with van der Waals surface area (Å²) >= 11 is 1.66. The van der Waals surface area contributed by atoms with Gasteiger partial charge in [-0.2, -0.15) is 11.3 Å². The van der Waals surface area contributed by atoms with Crippen molar-refractivity contribution in [1.82, 2.24) is 5.32 Å². The van der Waals surface area contributed by atoms with Crippen LogP contribution in [0.5, 0.6) is 0 Å². The molecular formula is C11H18N2OS. The van der Waals surface area contributed by atoms with Crippen LogP contribution in [0, 0.1) is 5.92 Å². The van der Waals surface area contributed by atoms with Crippen molar-refractivity contribution in [3.8, 4) is 0 Å². The van der Waals surface area contributed by atoms with E-state index in [0.29, 0.717) is 12.5 Å². The van der Waals surface area contributed by atoms with Crippen LogP contribution in [-0.4, -0.2) is 11.9 Å². The maximum atomic E-state index is 11.2. The van der Waals surface area contributed by atoms with E-state index in [1.807, 2.05) is 11.4 Å². The Kier molecular flexibility index (Phi) is 4.78. The SMILES string of the molecule is CC(C)CC(NCc1ccsc1)C(N)=O. The third-order valence-electron chi connectivity index (χ3n) is 2.18. The van der Waals surface area contributed by atoms with E-state index in [4.69, 9.17) is 5.73 Å². The van der Waals surface area contributed by atoms with Crippen LogP contribution in [-0.2, 0) is 11.3 Å². The molecule has 15 heavy (non-hydrogen) atoms. The Labute approximate surface area is 94.7 Å². The highest BCUT2D eigenvalue weighted by Gasteiger charge is 2.15. The van der Waals surface area contributed by atoms with Gasteiger partial charge >= 0.3 is 0 Å². The lowest BCUT2D eigenvalue weighted by Gasteiger charge is -2.16. The highest BCUT2D eigenvalue weighted by Crippen LogP contribution is 2.08. The van der Waals surface area contributed by atoms with Gasteiger partial charge in [-0.1, -0.05) is 13.8 Å². The van der Waals surface area contributed by atoms with Crippen molar-refractivity contribution in [3.05, 3.63) is 22.4 Å². The molecule has 0 aliphatic carbocycles. The van der Waals surface area contributed by atoms with E-state index in [2.05, 4.69) is 24.5 Å². The number of hydrogen-bond acceptors (Lipinski definition) is 3. The van der Waals surface area contributed by atoms with E-state index >= 15 is 0 Å². The van der Waals surface area contributed by atoms with E-state index in [-0.39, 0.29) is 11.9 Å². The van der Waals surface area contributed by atoms with Gasteiger partial charge in [-0.15, -0.1) is 0 Å².